The number of amides is 2. The van der Waals surface area contributed by atoms with Gasteiger partial charge in [-0.1, -0.05) is 36.4 Å². The minimum atomic E-state index is -1.00. The standard InChI is InChI=1S/C28H32N6O3/c1-6-28(3,4)30-27(36)26(20-10-9-15-29-17-20)34(23-16-19(2)13-14-24(23)37-5)25(35)18-33-22-12-8-7-11-21(22)31-32-33/h7-17,26H,6,18H2,1-5H3,(H,30,36)/t26-/m0/s1. The summed E-state index contributed by atoms with van der Waals surface area (Å²) < 4.78 is 7.19. The number of ether oxygens (including phenoxy) is 1. The highest BCUT2D eigenvalue weighted by Crippen LogP contribution is 2.36. The molecule has 0 aliphatic heterocycles. The molecule has 4 aromatic rings. The zero-order chi connectivity index (χ0) is 26.6. The Morgan fingerprint density at radius 1 is 1.14 bits per heavy atom. The number of carbonyl (C=O) groups excluding carboxylic acids is 2. The van der Waals surface area contributed by atoms with E-state index in [0.717, 1.165) is 11.1 Å². The highest BCUT2D eigenvalue weighted by molar-refractivity contribution is 6.02. The lowest BCUT2D eigenvalue weighted by Gasteiger charge is -2.35. The molecule has 37 heavy (non-hydrogen) atoms. The number of hydrogen-bond donors (Lipinski definition) is 1. The van der Waals surface area contributed by atoms with Gasteiger partial charge < -0.3 is 10.1 Å². The van der Waals surface area contributed by atoms with Crippen molar-refractivity contribution >= 4 is 28.5 Å². The summed E-state index contributed by atoms with van der Waals surface area (Å²) in [5.74, 6) is -0.197. The van der Waals surface area contributed by atoms with E-state index in [0.29, 0.717) is 28.9 Å². The van der Waals surface area contributed by atoms with Crippen LogP contribution in [0.5, 0.6) is 5.75 Å². The van der Waals surface area contributed by atoms with Crippen LogP contribution in [0.4, 0.5) is 5.69 Å². The highest BCUT2D eigenvalue weighted by atomic mass is 16.5. The highest BCUT2D eigenvalue weighted by Gasteiger charge is 2.36. The molecule has 0 aliphatic carbocycles. The molecule has 0 spiro atoms. The Morgan fingerprint density at radius 2 is 1.92 bits per heavy atom. The number of carbonyl (C=O) groups is 2. The summed E-state index contributed by atoms with van der Waals surface area (Å²) in [6.07, 6.45) is 3.96. The maximum Gasteiger partial charge on any atom is 0.249 e. The fourth-order valence-corrected chi connectivity index (χ4v) is 4.09. The van der Waals surface area contributed by atoms with E-state index in [4.69, 9.17) is 4.74 Å². The Labute approximate surface area is 216 Å². The predicted molar refractivity (Wildman–Crippen MR) is 142 cm³/mol. The van der Waals surface area contributed by atoms with Crippen LogP contribution in [0.2, 0.25) is 0 Å². The minimum Gasteiger partial charge on any atom is -0.495 e. The van der Waals surface area contributed by atoms with Gasteiger partial charge >= 0.3 is 0 Å². The second kappa shape index (κ2) is 10.8. The molecule has 0 fully saturated rings. The second-order valence-corrected chi connectivity index (χ2v) is 9.59. The lowest BCUT2D eigenvalue weighted by molar-refractivity contribution is -0.128. The van der Waals surface area contributed by atoms with Gasteiger partial charge in [0.25, 0.3) is 0 Å². The van der Waals surface area contributed by atoms with Crippen LogP contribution in [0.15, 0.2) is 67.0 Å². The van der Waals surface area contributed by atoms with Crippen molar-refractivity contribution in [3.8, 4) is 5.75 Å². The molecule has 0 aliphatic rings. The first-order valence-corrected chi connectivity index (χ1v) is 12.2. The van der Waals surface area contributed by atoms with Crippen molar-refractivity contribution in [1.82, 2.24) is 25.3 Å². The molecule has 9 nitrogen and oxygen atoms in total. The first-order valence-electron chi connectivity index (χ1n) is 12.2. The Kier molecular flexibility index (Phi) is 7.52. The molecule has 2 heterocycles. The van der Waals surface area contributed by atoms with E-state index in [-0.39, 0.29) is 18.4 Å². The maximum atomic E-state index is 14.2. The molecule has 2 amide bonds. The summed E-state index contributed by atoms with van der Waals surface area (Å²) >= 11 is 0. The fraction of sp³-hybridized carbons (Fsp3) is 0.321. The number of benzene rings is 2. The van der Waals surface area contributed by atoms with E-state index in [2.05, 4.69) is 20.6 Å². The Hall–Kier alpha value is -4.27. The van der Waals surface area contributed by atoms with Crippen LogP contribution in [0, 0.1) is 6.92 Å². The molecule has 9 heteroatoms. The zero-order valence-electron chi connectivity index (χ0n) is 21.8. The van der Waals surface area contributed by atoms with Crippen molar-refractivity contribution < 1.29 is 14.3 Å². The molecule has 1 atom stereocenters. The number of anilines is 1. The minimum absolute atomic E-state index is 0.126. The van der Waals surface area contributed by atoms with Gasteiger partial charge in [-0.25, -0.2) is 4.68 Å². The van der Waals surface area contributed by atoms with Gasteiger partial charge in [-0.3, -0.25) is 19.5 Å². The van der Waals surface area contributed by atoms with Crippen molar-refractivity contribution in [2.75, 3.05) is 12.0 Å². The lowest BCUT2D eigenvalue weighted by atomic mass is 9.98. The summed E-state index contributed by atoms with van der Waals surface area (Å²) in [5.41, 5.74) is 2.90. The van der Waals surface area contributed by atoms with Crippen LogP contribution in [0.3, 0.4) is 0 Å². The van der Waals surface area contributed by atoms with Crippen LogP contribution in [0.25, 0.3) is 11.0 Å². The quantitative estimate of drug-likeness (QED) is 0.369. The molecule has 4 rings (SSSR count). The van der Waals surface area contributed by atoms with Crippen molar-refractivity contribution in [2.45, 2.75) is 52.2 Å². The van der Waals surface area contributed by atoms with Gasteiger partial charge in [-0.2, -0.15) is 0 Å². The van der Waals surface area contributed by atoms with E-state index in [1.165, 1.54) is 4.90 Å². The van der Waals surface area contributed by atoms with Crippen LogP contribution in [-0.4, -0.2) is 44.4 Å². The first kappa shape index (κ1) is 25.8. The number of fused-ring (bicyclic) bond motifs is 1. The number of rotatable bonds is 9. The van der Waals surface area contributed by atoms with Gasteiger partial charge in [0.05, 0.1) is 18.3 Å². The van der Waals surface area contributed by atoms with Gasteiger partial charge in [-0.05, 0) is 63.1 Å². The molecule has 2 aromatic heterocycles. The third kappa shape index (κ3) is 5.61. The Bertz CT molecular complexity index is 1400. The number of nitrogens with one attached hydrogen (secondary N) is 1. The van der Waals surface area contributed by atoms with Crippen LogP contribution in [-0.2, 0) is 16.1 Å². The topological polar surface area (TPSA) is 102 Å². The molecule has 0 unspecified atom stereocenters. The molecular weight excluding hydrogens is 468 g/mol. The summed E-state index contributed by atoms with van der Waals surface area (Å²) in [5, 5.41) is 11.5. The fourth-order valence-electron chi connectivity index (χ4n) is 4.09. The number of nitrogens with zero attached hydrogens (tertiary/aromatic N) is 5. The third-order valence-corrected chi connectivity index (χ3v) is 6.42. The van der Waals surface area contributed by atoms with Crippen LogP contribution in [0.1, 0.15) is 44.4 Å². The number of aromatic nitrogens is 4. The summed E-state index contributed by atoms with van der Waals surface area (Å²) in [7, 11) is 1.54. The molecule has 0 saturated heterocycles. The predicted octanol–water partition coefficient (Wildman–Crippen LogP) is 4.22. The van der Waals surface area contributed by atoms with Crippen LogP contribution >= 0.6 is 0 Å². The number of aryl methyl sites for hydroxylation is 1. The van der Waals surface area contributed by atoms with Crippen molar-refractivity contribution in [3.63, 3.8) is 0 Å². The molecule has 0 bridgehead atoms. The van der Waals surface area contributed by atoms with E-state index >= 15 is 0 Å². The average Bonchev–Trinajstić information content (AvgIpc) is 3.30. The van der Waals surface area contributed by atoms with Gasteiger partial charge in [0.2, 0.25) is 11.8 Å². The van der Waals surface area contributed by atoms with Gasteiger partial charge in [-0.15, -0.1) is 5.10 Å². The van der Waals surface area contributed by atoms with Gasteiger partial charge in [0.1, 0.15) is 23.9 Å². The van der Waals surface area contributed by atoms with Gasteiger partial charge in [0, 0.05) is 23.5 Å². The zero-order valence-corrected chi connectivity index (χ0v) is 21.8. The molecule has 0 saturated carbocycles. The van der Waals surface area contributed by atoms with Gasteiger partial charge in [0.15, 0.2) is 0 Å². The number of pyridine rings is 1. The van der Waals surface area contributed by atoms with Crippen molar-refractivity contribution in [3.05, 3.63) is 78.1 Å². The summed E-state index contributed by atoms with van der Waals surface area (Å²) in [4.78, 5) is 33.8. The molecule has 0 radical (unpaired) electrons. The second-order valence-electron chi connectivity index (χ2n) is 9.59. The molecular formula is C28H32N6O3. The third-order valence-electron chi connectivity index (χ3n) is 6.42. The smallest absolute Gasteiger partial charge is 0.249 e. The molecule has 192 valence electrons. The Balaban J connectivity index is 1.87. The lowest BCUT2D eigenvalue weighted by Crippen LogP contribution is -2.51. The molecule has 1 N–H and O–H groups in total. The normalized spacial score (nSPS) is 12.2. The van der Waals surface area contributed by atoms with Crippen molar-refractivity contribution in [1.29, 1.82) is 0 Å². The SMILES string of the molecule is CCC(C)(C)NC(=O)[C@H](c1cccnc1)N(C(=O)Cn1nnc2ccccc21)c1cc(C)ccc1OC. The number of para-hydroxylation sites is 1. The monoisotopic (exact) mass is 500 g/mol. The van der Waals surface area contributed by atoms with Crippen molar-refractivity contribution in [2.24, 2.45) is 0 Å². The maximum absolute atomic E-state index is 14.2. The Morgan fingerprint density at radius 3 is 2.62 bits per heavy atom. The van der Waals surface area contributed by atoms with E-state index in [1.54, 1.807) is 42.4 Å². The summed E-state index contributed by atoms with van der Waals surface area (Å²) in [6.45, 7) is 7.70. The number of hydrogen-bond acceptors (Lipinski definition) is 6. The van der Waals surface area contributed by atoms with Crippen LogP contribution < -0.4 is 15.0 Å². The number of methoxy groups -OCH3 is 1. The van der Waals surface area contributed by atoms with E-state index in [1.807, 2.05) is 64.1 Å². The molecule has 2 aromatic carbocycles. The van der Waals surface area contributed by atoms with E-state index < -0.39 is 11.6 Å². The summed E-state index contributed by atoms with van der Waals surface area (Å²) in [6, 6.07) is 15.5. The van der Waals surface area contributed by atoms with E-state index in [9.17, 15) is 9.59 Å². The average molecular weight is 501 g/mol. The largest absolute Gasteiger partial charge is 0.495 e. The first-order chi connectivity index (χ1) is 17.7.